The zero-order chi connectivity index (χ0) is 13.5. The molecule has 1 unspecified atom stereocenters. The first kappa shape index (κ1) is 13.3. The highest BCUT2D eigenvalue weighted by molar-refractivity contribution is 5.58. The van der Waals surface area contributed by atoms with Crippen molar-refractivity contribution >= 4 is 17.3 Å². The third kappa shape index (κ3) is 4.22. The molecule has 0 saturated heterocycles. The van der Waals surface area contributed by atoms with Gasteiger partial charge in [-0.05, 0) is 24.6 Å². The highest BCUT2D eigenvalue weighted by Gasteiger charge is 2.02. The Hall–Kier alpha value is -2.14. The van der Waals surface area contributed by atoms with Gasteiger partial charge in [-0.1, -0.05) is 25.1 Å². The van der Waals surface area contributed by atoms with Crippen molar-refractivity contribution in [3.05, 3.63) is 42.7 Å². The van der Waals surface area contributed by atoms with Crippen LogP contribution in [0.2, 0.25) is 0 Å². The molecule has 0 aliphatic heterocycles. The van der Waals surface area contributed by atoms with E-state index in [0.717, 1.165) is 23.9 Å². The molecule has 0 fully saturated rings. The summed E-state index contributed by atoms with van der Waals surface area (Å²) >= 11 is 0. The van der Waals surface area contributed by atoms with Gasteiger partial charge in [0, 0.05) is 18.3 Å². The monoisotopic (exact) mass is 257 g/mol. The number of hydrogen-bond donors (Lipinski definition) is 3. The second kappa shape index (κ2) is 6.70. The zero-order valence-corrected chi connectivity index (χ0v) is 11.0. The average Bonchev–Trinajstić information content (AvgIpc) is 2.46. The van der Waals surface area contributed by atoms with Gasteiger partial charge in [0.2, 0.25) is 0 Å². The van der Waals surface area contributed by atoms with Crippen LogP contribution < -0.4 is 16.4 Å². The predicted octanol–water partition coefficient (Wildman–Crippen LogP) is 2.23. The van der Waals surface area contributed by atoms with Gasteiger partial charge in [-0.3, -0.25) is 0 Å². The molecular weight excluding hydrogens is 238 g/mol. The molecule has 5 heteroatoms. The molecule has 1 aromatic heterocycles. The maximum absolute atomic E-state index is 5.58. The summed E-state index contributed by atoms with van der Waals surface area (Å²) in [5.74, 6) is 1.98. The quantitative estimate of drug-likeness (QED) is 0.740. The van der Waals surface area contributed by atoms with Crippen molar-refractivity contribution in [2.24, 2.45) is 11.7 Å². The molecule has 100 valence electrons. The van der Waals surface area contributed by atoms with E-state index >= 15 is 0 Å². The second-order valence-corrected chi connectivity index (χ2v) is 4.50. The van der Waals surface area contributed by atoms with Gasteiger partial charge in [-0.15, -0.1) is 0 Å². The number of rotatable bonds is 6. The van der Waals surface area contributed by atoms with Gasteiger partial charge < -0.3 is 16.4 Å². The number of aromatic nitrogens is 2. The van der Waals surface area contributed by atoms with Gasteiger partial charge in [0.25, 0.3) is 0 Å². The van der Waals surface area contributed by atoms with Crippen LogP contribution in [0.3, 0.4) is 0 Å². The number of benzene rings is 1. The number of anilines is 3. The largest absolute Gasteiger partial charge is 0.370 e. The molecule has 0 aliphatic carbocycles. The Morgan fingerprint density at radius 3 is 2.63 bits per heavy atom. The summed E-state index contributed by atoms with van der Waals surface area (Å²) in [6.45, 7) is 3.56. The highest BCUT2D eigenvalue weighted by atomic mass is 15.1. The van der Waals surface area contributed by atoms with Crippen LogP contribution in [-0.2, 0) is 0 Å². The summed E-state index contributed by atoms with van der Waals surface area (Å²) in [5.41, 5.74) is 6.59. The van der Waals surface area contributed by atoms with E-state index in [4.69, 9.17) is 5.73 Å². The third-order valence-corrected chi connectivity index (χ3v) is 2.75. The normalized spacial score (nSPS) is 11.9. The molecule has 19 heavy (non-hydrogen) atoms. The lowest BCUT2D eigenvalue weighted by atomic mass is 10.2. The summed E-state index contributed by atoms with van der Waals surface area (Å²) in [5, 5.41) is 6.48. The molecule has 2 aromatic rings. The molecule has 0 aliphatic rings. The van der Waals surface area contributed by atoms with Crippen molar-refractivity contribution in [3.63, 3.8) is 0 Å². The van der Waals surface area contributed by atoms with E-state index in [9.17, 15) is 0 Å². The Kier molecular flexibility index (Phi) is 4.69. The Balaban J connectivity index is 1.99. The summed E-state index contributed by atoms with van der Waals surface area (Å²) in [4.78, 5) is 8.38. The number of nitrogens with two attached hydrogens (primary N) is 1. The van der Waals surface area contributed by atoms with Gasteiger partial charge in [-0.25, -0.2) is 9.97 Å². The van der Waals surface area contributed by atoms with Crippen molar-refractivity contribution in [2.45, 2.75) is 6.92 Å². The van der Waals surface area contributed by atoms with E-state index in [2.05, 4.69) is 27.5 Å². The molecule has 0 saturated carbocycles. The molecular formula is C14H19N5. The molecule has 4 N–H and O–H groups in total. The minimum atomic E-state index is 0.417. The molecule has 1 aromatic carbocycles. The predicted molar refractivity (Wildman–Crippen MR) is 78.5 cm³/mol. The molecule has 1 atom stereocenters. The fourth-order valence-corrected chi connectivity index (χ4v) is 1.55. The molecule has 0 amide bonds. The van der Waals surface area contributed by atoms with E-state index in [1.807, 2.05) is 36.4 Å². The van der Waals surface area contributed by atoms with E-state index in [-0.39, 0.29) is 0 Å². The average molecular weight is 257 g/mol. The number of nitrogens with one attached hydrogen (secondary N) is 2. The van der Waals surface area contributed by atoms with Crippen LogP contribution in [0.4, 0.5) is 17.3 Å². The first-order valence-corrected chi connectivity index (χ1v) is 6.36. The van der Waals surface area contributed by atoms with Crippen molar-refractivity contribution in [2.75, 3.05) is 23.7 Å². The number of nitrogens with zero attached hydrogens (tertiary/aromatic N) is 2. The van der Waals surface area contributed by atoms with E-state index < -0.39 is 0 Å². The van der Waals surface area contributed by atoms with Crippen LogP contribution >= 0.6 is 0 Å². The summed E-state index contributed by atoms with van der Waals surface area (Å²) in [6, 6.07) is 11.8. The molecule has 5 nitrogen and oxygen atoms in total. The van der Waals surface area contributed by atoms with Gasteiger partial charge in [-0.2, -0.15) is 0 Å². The summed E-state index contributed by atoms with van der Waals surface area (Å²) < 4.78 is 0. The van der Waals surface area contributed by atoms with Gasteiger partial charge in [0.05, 0.1) is 0 Å². The van der Waals surface area contributed by atoms with Crippen LogP contribution in [0, 0.1) is 5.92 Å². The third-order valence-electron chi connectivity index (χ3n) is 2.75. The zero-order valence-electron chi connectivity index (χ0n) is 11.0. The van der Waals surface area contributed by atoms with Crippen molar-refractivity contribution in [1.29, 1.82) is 0 Å². The lowest BCUT2D eigenvalue weighted by Crippen LogP contribution is -2.20. The molecule has 0 radical (unpaired) electrons. The molecule has 0 spiro atoms. The van der Waals surface area contributed by atoms with Crippen LogP contribution in [0.25, 0.3) is 0 Å². The van der Waals surface area contributed by atoms with Crippen molar-refractivity contribution in [1.82, 2.24) is 9.97 Å². The van der Waals surface area contributed by atoms with Crippen molar-refractivity contribution in [3.8, 4) is 0 Å². The van der Waals surface area contributed by atoms with Gasteiger partial charge in [0.1, 0.15) is 18.0 Å². The van der Waals surface area contributed by atoms with Crippen LogP contribution in [-0.4, -0.2) is 23.1 Å². The first-order valence-electron chi connectivity index (χ1n) is 6.36. The number of hydrogen-bond acceptors (Lipinski definition) is 5. The van der Waals surface area contributed by atoms with Gasteiger partial charge >= 0.3 is 0 Å². The van der Waals surface area contributed by atoms with E-state index in [0.29, 0.717) is 12.5 Å². The SMILES string of the molecule is CC(CN)CNc1cc(Nc2ccccc2)ncn1. The maximum atomic E-state index is 5.58. The standard InChI is InChI=1S/C14H19N5/c1-11(8-15)9-16-13-7-14(18-10-17-13)19-12-5-3-2-4-6-12/h2-7,10-11H,8-9,15H2,1H3,(H2,16,17,18,19). The Morgan fingerprint density at radius 2 is 1.89 bits per heavy atom. The van der Waals surface area contributed by atoms with Crippen LogP contribution in [0.15, 0.2) is 42.7 Å². The maximum Gasteiger partial charge on any atom is 0.135 e. The Bertz CT molecular complexity index is 500. The molecule has 2 rings (SSSR count). The fourth-order valence-electron chi connectivity index (χ4n) is 1.55. The Morgan fingerprint density at radius 1 is 1.16 bits per heavy atom. The van der Waals surface area contributed by atoms with Crippen molar-refractivity contribution < 1.29 is 0 Å². The lowest BCUT2D eigenvalue weighted by molar-refractivity contribution is 0.627. The summed E-state index contributed by atoms with van der Waals surface area (Å²) in [6.07, 6.45) is 1.54. The highest BCUT2D eigenvalue weighted by Crippen LogP contribution is 2.15. The minimum Gasteiger partial charge on any atom is -0.370 e. The fraction of sp³-hybridized carbons (Fsp3) is 0.286. The molecule has 0 bridgehead atoms. The first-order chi connectivity index (χ1) is 9.28. The topological polar surface area (TPSA) is 75.9 Å². The van der Waals surface area contributed by atoms with E-state index in [1.165, 1.54) is 0 Å². The van der Waals surface area contributed by atoms with Gasteiger partial charge in [0.15, 0.2) is 0 Å². The molecule has 1 heterocycles. The Labute approximate surface area is 113 Å². The minimum absolute atomic E-state index is 0.417. The van der Waals surface area contributed by atoms with E-state index in [1.54, 1.807) is 6.33 Å². The lowest BCUT2D eigenvalue weighted by Gasteiger charge is -2.11. The second-order valence-electron chi connectivity index (χ2n) is 4.50. The number of para-hydroxylation sites is 1. The smallest absolute Gasteiger partial charge is 0.135 e. The van der Waals surface area contributed by atoms with Crippen LogP contribution in [0.5, 0.6) is 0 Å². The van der Waals surface area contributed by atoms with Crippen LogP contribution in [0.1, 0.15) is 6.92 Å². The summed E-state index contributed by atoms with van der Waals surface area (Å²) in [7, 11) is 0.